The van der Waals surface area contributed by atoms with Gasteiger partial charge in [0.05, 0.1) is 7.11 Å². The van der Waals surface area contributed by atoms with Crippen LogP contribution in [0.4, 0.5) is 4.39 Å². The molecular weight excluding hydrogens is 255 g/mol. The van der Waals surface area contributed by atoms with Crippen LogP contribution in [0.3, 0.4) is 0 Å². The van der Waals surface area contributed by atoms with Gasteiger partial charge in [0.2, 0.25) is 0 Å². The predicted octanol–water partition coefficient (Wildman–Crippen LogP) is 2.18. The number of benzene rings is 1. The zero-order valence-corrected chi connectivity index (χ0v) is 11.4. The summed E-state index contributed by atoms with van der Waals surface area (Å²) in [5.41, 5.74) is 6.69. The van der Waals surface area contributed by atoms with Crippen molar-refractivity contribution in [3.63, 3.8) is 0 Å². The highest BCUT2D eigenvalue weighted by Gasteiger charge is 2.23. The standard InChI is InChI=1S/C13H19FN2O.ClH/c1-17-13-5-4-10(7-12(13)14)9-16-6-2-3-11(16)8-15;/h4-5,7,11H,2-3,6,8-9,15H2,1H3;1H. The van der Waals surface area contributed by atoms with E-state index in [0.717, 1.165) is 25.1 Å². The molecule has 102 valence electrons. The van der Waals surface area contributed by atoms with Gasteiger partial charge in [0.25, 0.3) is 0 Å². The topological polar surface area (TPSA) is 38.5 Å². The first kappa shape index (κ1) is 15.2. The molecular formula is C13H20ClFN2O. The van der Waals surface area contributed by atoms with Crippen LogP contribution >= 0.6 is 12.4 Å². The second-order valence-corrected chi connectivity index (χ2v) is 4.47. The number of nitrogens with two attached hydrogens (primary N) is 1. The molecule has 0 bridgehead atoms. The van der Waals surface area contributed by atoms with Crippen molar-refractivity contribution in [1.29, 1.82) is 0 Å². The van der Waals surface area contributed by atoms with Crippen LogP contribution in [0.5, 0.6) is 5.75 Å². The molecule has 0 aliphatic carbocycles. The first-order valence-electron chi connectivity index (χ1n) is 6.01. The summed E-state index contributed by atoms with van der Waals surface area (Å²) >= 11 is 0. The molecule has 1 atom stereocenters. The van der Waals surface area contributed by atoms with Gasteiger partial charge in [-0.2, -0.15) is 0 Å². The smallest absolute Gasteiger partial charge is 0.165 e. The molecule has 0 aromatic heterocycles. The summed E-state index contributed by atoms with van der Waals surface area (Å²) in [6.45, 7) is 2.50. The molecule has 1 unspecified atom stereocenters. The Morgan fingerprint density at radius 2 is 2.28 bits per heavy atom. The van der Waals surface area contributed by atoms with Gasteiger partial charge in [0, 0.05) is 19.1 Å². The summed E-state index contributed by atoms with van der Waals surface area (Å²) in [6, 6.07) is 5.58. The number of hydrogen-bond acceptors (Lipinski definition) is 3. The van der Waals surface area contributed by atoms with E-state index < -0.39 is 0 Å². The third kappa shape index (κ3) is 3.34. The maximum atomic E-state index is 13.5. The maximum Gasteiger partial charge on any atom is 0.165 e. The fourth-order valence-electron chi connectivity index (χ4n) is 2.41. The molecule has 18 heavy (non-hydrogen) atoms. The van der Waals surface area contributed by atoms with Gasteiger partial charge in [-0.3, -0.25) is 4.90 Å². The Balaban J connectivity index is 0.00000162. The van der Waals surface area contributed by atoms with Crippen molar-refractivity contribution in [2.75, 3.05) is 20.2 Å². The Bertz CT molecular complexity index is 389. The van der Waals surface area contributed by atoms with Gasteiger partial charge in [-0.15, -0.1) is 12.4 Å². The van der Waals surface area contributed by atoms with Crippen LogP contribution in [0.2, 0.25) is 0 Å². The fourth-order valence-corrected chi connectivity index (χ4v) is 2.41. The van der Waals surface area contributed by atoms with E-state index in [1.165, 1.54) is 13.5 Å². The Morgan fingerprint density at radius 3 is 2.89 bits per heavy atom. The highest BCUT2D eigenvalue weighted by Crippen LogP contribution is 2.22. The number of hydrogen-bond donors (Lipinski definition) is 1. The normalized spacial score (nSPS) is 19.6. The quantitative estimate of drug-likeness (QED) is 0.915. The number of methoxy groups -OCH3 is 1. The van der Waals surface area contributed by atoms with Crippen LogP contribution < -0.4 is 10.5 Å². The monoisotopic (exact) mass is 274 g/mol. The van der Waals surface area contributed by atoms with Crippen LogP contribution in [0.15, 0.2) is 18.2 Å². The van der Waals surface area contributed by atoms with E-state index in [0.29, 0.717) is 18.3 Å². The van der Waals surface area contributed by atoms with Crippen molar-refractivity contribution in [3.05, 3.63) is 29.6 Å². The fraction of sp³-hybridized carbons (Fsp3) is 0.538. The minimum absolute atomic E-state index is 0. The number of rotatable bonds is 4. The Morgan fingerprint density at radius 1 is 1.50 bits per heavy atom. The van der Waals surface area contributed by atoms with Crippen molar-refractivity contribution in [1.82, 2.24) is 4.90 Å². The van der Waals surface area contributed by atoms with Gasteiger partial charge in [0.15, 0.2) is 11.6 Å². The van der Waals surface area contributed by atoms with Gasteiger partial charge in [-0.25, -0.2) is 4.39 Å². The Labute approximate surface area is 114 Å². The molecule has 0 saturated carbocycles. The third-order valence-electron chi connectivity index (χ3n) is 3.37. The zero-order valence-electron chi connectivity index (χ0n) is 10.6. The van der Waals surface area contributed by atoms with E-state index in [-0.39, 0.29) is 18.2 Å². The van der Waals surface area contributed by atoms with Crippen molar-refractivity contribution in [3.8, 4) is 5.75 Å². The summed E-state index contributed by atoms with van der Waals surface area (Å²) in [5.74, 6) is -0.000887. The molecule has 5 heteroatoms. The predicted molar refractivity (Wildman–Crippen MR) is 72.7 cm³/mol. The Hall–Kier alpha value is -0.840. The molecule has 1 aromatic rings. The number of nitrogens with zero attached hydrogens (tertiary/aromatic N) is 1. The largest absolute Gasteiger partial charge is 0.494 e. The molecule has 1 aliphatic rings. The third-order valence-corrected chi connectivity index (χ3v) is 3.37. The van der Waals surface area contributed by atoms with Crippen molar-refractivity contribution < 1.29 is 9.13 Å². The lowest BCUT2D eigenvalue weighted by Crippen LogP contribution is -2.34. The average Bonchev–Trinajstić information content (AvgIpc) is 2.76. The molecule has 0 spiro atoms. The van der Waals surface area contributed by atoms with E-state index >= 15 is 0 Å². The van der Waals surface area contributed by atoms with E-state index in [1.807, 2.05) is 6.07 Å². The number of ether oxygens (including phenoxy) is 1. The average molecular weight is 275 g/mol. The highest BCUT2D eigenvalue weighted by atomic mass is 35.5. The van der Waals surface area contributed by atoms with Gasteiger partial charge < -0.3 is 10.5 Å². The molecule has 2 N–H and O–H groups in total. The zero-order chi connectivity index (χ0) is 12.3. The van der Waals surface area contributed by atoms with Gasteiger partial charge in [-0.1, -0.05) is 6.07 Å². The van der Waals surface area contributed by atoms with E-state index in [4.69, 9.17) is 10.5 Å². The van der Waals surface area contributed by atoms with E-state index in [9.17, 15) is 4.39 Å². The number of halogens is 2. The number of likely N-dealkylation sites (tertiary alicyclic amines) is 1. The minimum atomic E-state index is -0.298. The SMILES string of the molecule is COc1ccc(CN2CCCC2CN)cc1F.Cl. The molecule has 0 radical (unpaired) electrons. The van der Waals surface area contributed by atoms with Crippen molar-refractivity contribution >= 4 is 12.4 Å². The molecule has 2 rings (SSSR count). The lowest BCUT2D eigenvalue weighted by molar-refractivity contribution is 0.249. The van der Waals surface area contributed by atoms with Crippen LogP contribution in [-0.2, 0) is 6.54 Å². The summed E-state index contributed by atoms with van der Waals surface area (Å²) in [4.78, 5) is 2.32. The minimum Gasteiger partial charge on any atom is -0.494 e. The summed E-state index contributed by atoms with van der Waals surface area (Å²) < 4.78 is 18.4. The molecule has 1 heterocycles. The first-order valence-corrected chi connectivity index (χ1v) is 6.01. The van der Waals surface area contributed by atoms with Crippen molar-refractivity contribution in [2.24, 2.45) is 5.73 Å². The van der Waals surface area contributed by atoms with Crippen LogP contribution in [0.25, 0.3) is 0 Å². The van der Waals surface area contributed by atoms with Gasteiger partial charge in [-0.05, 0) is 37.1 Å². The molecule has 1 aromatic carbocycles. The van der Waals surface area contributed by atoms with Crippen LogP contribution in [-0.4, -0.2) is 31.1 Å². The summed E-state index contributed by atoms with van der Waals surface area (Å²) in [7, 11) is 1.48. The maximum absolute atomic E-state index is 13.5. The summed E-state index contributed by atoms with van der Waals surface area (Å²) in [5, 5.41) is 0. The second-order valence-electron chi connectivity index (χ2n) is 4.47. The molecule has 0 amide bonds. The Kier molecular flexibility index (Phi) is 5.85. The molecule has 3 nitrogen and oxygen atoms in total. The van der Waals surface area contributed by atoms with Gasteiger partial charge in [0.1, 0.15) is 0 Å². The lowest BCUT2D eigenvalue weighted by atomic mass is 10.1. The molecule has 1 saturated heterocycles. The van der Waals surface area contributed by atoms with E-state index in [2.05, 4.69) is 4.90 Å². The lowest BCUT2D eigenvalue weighted by Gasteiger charge is -2.23. The van der Waals surface area contributed by atoms with Crippen molar-refractivity contribution in [2.45, 2.75) is 25.4 Å². The first-order chi connectivity index (χ1) is 8.24. The van der Waals surface area contributed by atoms with E-state index in [1.54, 1.807) is 12.1 Å². The van der Waals surface area contributed by atoms with Crippen LogP contribution in [0.1, 0.15) is 18.4 Å². The van der Waals surface area contributed by atoms with Crippen LogP contribution in [0, 0.1) is 5.82 Å². The second kappa shape index (κ2) is 6.92. The highest BCUT2D eigenvalue weighted by molar-refractivity contribution is 5.85. The summed E-state index contributed by atoms with van der Waals surface area (Å²) in [6.07, 6.45) is 2.33. The molecule has 1 fully saturated rings. The van der Waals surface area contributed by atoms with Gasteiger partial charge >= 0.3 is 0 Å². The molecule has 1 aliphatic heterocycles.